The number of nitrogens with one attached hydrogen (secondary N) is 4. The molecule has 2 heterocycles. The predicted molar refractivity (Wildman–Crippen MR) is 142 cm³/mol. The molecule has 4 rings (SSSR count). The molecule has 2 aromatic carbocycles. The molecule has 0 saturated heterocycles. The lowest BCUT2D eigenvalue weighted by atomic mass is 9.99. The fourth-order valence-electron chi connectivity index (χ4n) is 3.94. The Morgan fingerprint density at radius 3 is 2.55 bits per heavy atom. The van der Waals surface area contributed by atoms with Crippen molar-refractivity contribution in [3.05, 3.63) is 66.5 Å². The Kier molecular flexibility index (Phi) is 7.58. The number of hydrazine groups is 1. The molecule has 0 aliphatic rings. The third-order valence-corrected chi connectivity index (χ3v) is 5.77. The summed E-state index contributed by atoms with van der Waals surface area (Å²) in [7, 11) is 4.80. The quantitative estimate of drug-likeness (QED) is 0.246. The summed E-state index contributed by atoms with van der Waals surface area (Å²) >= 11 is 0. The monoisotopic (exact) mass is 522 g/mol. The molecule has 11 heteroatoms. The molecule has 198 valence electrons. The Morgan fingerprint density at radius 1 is 1.08 bits per heavy atom. The summed E-state index contributed by atoms with van der Waals surface area (Å²) < 4.78 is 31.5. The first-order valence-corrected chi connectivity index (χ1v) is 11.7. The number of para-hydroxylation sites is 1. The van der Waals surface area contributed by atoms with Crippen LogP contribution in [0.1, 0.15) is 17.3 Å². The number of aromatic amines is 1. The van der Waals surface area contributed by atoms with Crippen LogP contribution in [-0.4, -0.2) is 60.5 Å². The van der Waals surface area contributed by atoms with Crippen LogP contribution in [-0.2, 0) is 0 Å². The number of carbonyl (C=O) groups is 2. The molecule has 0 fully saturated rings. The van der Waals surface area contributed by atoms with Crippen LogP contribution in [0.5, 0.6) is 5.75 Å². The van der Waals surface area contributed by atoms with Crippen LogP contribution < -0.4 is 20.9 Å². The number of pyridine rings is 1. The number of anilines is 1. The van der Waals surface area contributed by atoms with Crippen molar-refractivity contribution >= 4 is 28.7 Å². The van der Waals surface area contributed by atoms with E-state index in [0.29, 0.717) is 11.2 Å². The van der Waals surface area contributed by atoms with Gasteiger partial charge in [0.15, 0.2) is 0 Å². The molecule has 0 aliphatic heterocycles. The van der Waals surface area contributed by atoms with E-state index in [4.69, 9.17) is 4.74 Å². The van der Waals surface area contributed by atoms with Crippen molar-refractivity contribution in [3.63, 3.8) is 0 Å². The second kappa shape index (κ2) is 10.9. The van der Waals surface area contributed by atoms with E-state index in [1.165, 1.54) is 4.90 Å². The van der Waals surface area contributed by atoms with Crippen LogP contribution in [0.2, 0.25) is 0 Å². The summed E-state index contributed by atoms with van der Waals surface area (Å²) in [5.41, 5.74) is 8.73. The van der Waals surface area contributed by atoms with E-state index in [2.05, 4.69) is 26.1 Å². The van der Waals surface area contributed by atoms with Gasteiger partial charge in [-0.25, -0.2) is 24.0 Å². The Morgan fingerprint density at radius 2 is 1.84 bits per heavy atom. The Bertz CT molecular complexity index is 1480. The number of nitrogens with zero attached hydrogens (tertiary/aromatic N) is 2. The highest BCUT2D eigenvalue weighted by molar-refractivity contribution is 6.04. The van der Waals surface area contributed by atoms with Crippen molar-refractivity contribution in [2.24, 2.45) is 0 Å². The lowest BCUT2D eigenvalue weighted by Gasteiger charge is -2.17. The van der Waals surface area contributed by atoms with Gasteiger partial charge in [0.2, 0.25) is 0 Å². The number of methoxy groups -OCH3 is 1. The Balaban J connectivity index is 1.68. The normalized spacial score (nSPS) is 11.3. The average molecular weight is 523 g/mol. The minimum Gasteiger partial charge on any atom is -0.496 e. The van der Waals surface area contributed by atoms with Crippen LogP contribution in [0.4, 0.5) is 19.3 Å². The van der Waals surface area contributed by atoms with Crippen LogP contribution in [0.15, 0.2) is 60.9 Å². The van der Waals surface area contributed by atoms with Gasteiger partial charge >= 0.3 is 6.03 Å². The number of urea groups is 1. The average Bonchev–Trinajstić information content (AvgIpc) is 3.30. The summed E-state index contributed by atoms with van der Waals surface area (Å²) in [6.45, 7) is -0.0144. The zero-order valence-corrected chi connectivity index (χ0v) is 21.4. The summed E-state index contributed by atoms with van der Waals surface area (Å²) in [5, 5.41) is 3.41. The molecule has 4 N–H and O–H groups in total. The maximum absolute atomic E-state index is 13.0. The van der Waals surface area contributed by atoms with Gasteiger partial charge in [-0.1, -0.05) is 24.3 Å². The lowest BCUT2D eigenvalue weighted by molar-refractivity contribution is 0.0206. The minimum atomic E-state index is -3.00. The van der Waals surface area contributed by atoms with E-state index >= 15 is 0 Å². The number of fused-ring (bicyclic) bond motifs is 1. The number of aromatic nitrogens is 2. The fourth-order valence-corrected chi connectivity index (χ4v) is 3.94. The number of benzene rings is 2. The van der Waals surface area contributed by atoms with Gasteiger partial charge < -0.3 is 19.9 Å². The zero-order chi connectivity index (χ0) is 27.4. The zero-order valence-electron chi connectivity index (χ0n) is 21.4. The Labute approximate surface area is 218 Å². The van der Waals surface area contributed by atoms with Gasteiger partial charge in [-0.2, -0.15) is 0 Å². The van der Waals surface area contributed by atoms with Gasteiger partial charge in [0, 0.05) is 55.5 Å². The first kappa shape index (κ1) is 26.6. The lowest BCUT2D eigenvalue weighted by Crippen LogP contribution is -2.45. The summed E-state index contributed by atoms with van der Waals surface area (Å²) in [4.78, 5) is 34.3. The molecule has 0 aliphatic carbocycles. The molecular weight excluding hydrogens is 494 g/mol. The number of rotatable bonds is 8. The van der Waals surface area contributed by atoms with Crippen LogP contribution in [0, 0.1) is 0 Å². The largest absolute Gasteiger partial charge is 0.496 e. The van der Waals surface area contributed by atoms with Gasteiger partial charge in [0.1, 0.15) is 11.4 Å². The number of hydrogen-bond acceptors (Lipinski definition) is 5. The second-order valence-electron chi connectivity index (χ2n) is 8.99. The molecule has 0 unspecified atom stereocenters. The maximum atomic E-state index is 13.0. The number of H-pyrrole nitrogens is 1. The predicted octanol–water partition coefficient (Wildman–Crippen LogP) is 4.89. The minimum absolute atomic E-state index is 0.223. The molecule has 0 saturated carbocycles. The highest BCUT2D eigenvalue weighted by Gasteiger charge is 2.21. The molecular formula is C27H28F2N6O3. The summed E-state index contributed by atoms with van der Waals surface area (Å²) in [5.74, 6) is -2.62. The van der Waals surface area contributed by atoms with Crippen LogP contribution in [0.25, 0.3) is 33.3 Å². The van der Waals surface area contributed by atoms with Gasteiger partial charge in [-0.3, -0.25) is 10.2 Å². The molecule has 4 aromatic rings. The standard InChI is InChI=1S/C27H28F2N6O3/c1-27(28,29)15-32-34-26(37)33-22-10-9-16(11-20(22)25(36)35(2)3)17-12-19-21(14-31-24(19)30-13-17)18-7-5-6-8-23(18)38-4/h5-14,32H,15H2,1-4H3,(H,30,31)(H2,33,34,37). The molecule has 9 nitrogen and oxygen atoms in total. The topological polar surface area (TPSA) is 111 Å². The van der Waals surface area contributed by atoms with E-state index < -0.39 is 18.5 Å². The maximum Gasteiger partial charge on any atom is 0.333 e. The third kappa shape index (κ3) is 5.89. The molecule has 0 spiro atoms. The SMILES string of the molecule is COc1ccccc1-c1c[nH]c2ncc(-c3ccc(NC(=O)NNCC(C)(F)F)c(C(=O)N(C)C)c3)cc12. The fraction of sp³-hybridized carbons (Fsp3) is 0.222. The highest BCUT2D eigenvalue weighted by Crippen LogP contribution is 2.36. The van der Waals surface area contributed by atoms with Gasteiger partial charge in [-0.05, 0) is 29.8 Å². The van der Waals surface area contributed by atoms with Crippen LogP contribution >= 0.6 is 0 Å². The Hall–Kier alpha value is -4.51. The number of ether oxygens (including phenoxy) is 1. The number of alkyl halides is 2. The highest BCUT2D eigenvalue weighted by atomic mass is 19.3. The van der Waals surface area contributed by atoms with Crippen molar-refractivity contribution in [1.29, 1.82) is 0 Å². The molecule has 3 amide bonds. The van der Waals surface area contributed by atoms with E-state index in [1.54, 1.807) is 45.6 Å². The third-order valence-electron chi connectivity index (χ3n) is 5.77. The summed E-state index contributed by atoms with van der Waals surface area (Å²) in [6, 6.07) is 13.8. The number of hydrogen-bond donors (Lipinski definition) is 4. The van der Waals surface area contributed by atoms with Crippen molar-refractivity contribution in [2.75, 3.05) is 33.1 Å². The van der Waals surface area contributed by atoms with Crippen molar-refractivity contribution in [2.45, 2.75) is 12.8 Å². The summed E-state index contributed by atoms with van der Waals surface area (Å²) in [6.07, 6.45) is 3.56. The number of amides is 3. The van der Waals surface area contributed by atoms with Crippen LogP contribution in [0.3, 0.4) is 0 Å². The van der Waals surface area contributed by atoms with Gasteiger partial charge in [0.05, 0.1) is 24.9 Å². The van der Waals surface area contributed by atoms with E-state index in [9.17, 15) is 18.4 Å². The van der Waals surface area contributed by atoms with Gasteiger partial charge in [0.25, 0.3) is 11.8 Å². The van der Waals surface area contributed by atoms with Crippen molar-refractivity contribution in [1.82, 2.24) is 25.7 Å². The van der Waals surface area contributed by atoms with Crippen molar-refractivity contribution < 1.29 is 23.1 Å². The molecule has 38 heavy (non-hydrogen) atoms. The second-order valence-corrected chi connectivity index (χ2v) is 8.99. The number of halogens is 2. The number of carbonyl (C=O) groups excluding carboxylic acids is 2. The molecule has 0 bridgehead atoms. The smallest absolute Gasteiger partial charge is 0.333 e. The van der Waals surface area contributed by atoms with E-state index in [1.807, 2.05) is 36.5 Å². The molecule has 0 radical (unpaired) electrons. The van der Waals surface area contributed by atoms with Crippen molar-refractivity contribution in [3.8, 4) is 28.0 Å². The first-order valence-electron chi connectivity index (χ1n) is 11.7. The van der Waals surface area contributed by atoms with E-state index in [0.717, 1.165) is 34.7 Å². The molecule has 2 aromatic heterocycles. The molecule has 0 atom stereocenters. The first-order chi connectivity index (χ1) is 18.1. The van der Waals surface area contributed by atoms with E-state index in [-0.39, 0.29) is 17.2 Å². The van der Waals surface area contributed by atoms with Gasteiger partial charge in [-0.15, -0.1) is 0 Å².